The molecule has 0 aliphatic carbocycles. The Kier molecular flexibility index (Phi) is 5.56. The molecule has 0 radical (unpaired) electrons. The van der Waals surface area contributed by atoms with Crippen LogP contribution in [0.5, 0.6) is 0 Å². The second-order valence-electron chi connectivity index (χ2n) is 9.19. The number of hydrogen-bond donors (Lipinski definition) is 0. The molecular formula is C27H31N3OS. The first-order valence-corrected chi connectivity index (χ1v) is 12.3. The maximum atomic E-state index is 13.0. The summed E-state index contributed by atoms with van der Waals surface area (Å²) in [5.41, 5.74) is 5.44. The van der Waals surface area contributed by atoms with Gasteiger partial charge in [0.15, 0.2) is 0 Å². The monoisotopic (exact) mass is 445 g/mol. The first-order valence-electron chi connectivity index (χ1n) is 11.5. The summed E-state index contributed by atoms with van der Waals surface area (Å²) in [5, 5.41) is 2.63. The third-order valence-corrected chi connectivity index (χ3v) is 8.03. The molecule has 1 amide bonds. The Morgan fingerprint density at radius 1 is 1.09 bits per heavy atom. The van der Waals surface area contributed by atoms with Crippen molar-refractivity contribution in [1.82, 2.24) is 14.4 Å². The van der Waals surface area contributed by atoms with E-state index in [0.717, 1.165) is 37.4 Å². The van der Waals surface area contributed by atoms with Crippen molar-refractivity contribution < 1.29 is 4.79 Å². The van der Waals surface area contributed by atoms with Crippen LogP contribution in [0.3, 0.4) is 0 Å². The van der Waals surface area contributed by atoms with Crippen molar-refractivity contribution in [2.75, 3.05) is 27.2 Å². The Morgan fingerprint density at radius 2 is 1.88 bits per heavy atom. The minimum absolute atomic E-state index is 0.126. The zero-order chi connectivity index (χ0) is 22.4. The number of carbonyl (C=O) groups excluding carboxylic acids is 1. The van der Waals surface area contributed by atoms with Gasteiger partial charge in [-0.25, -0.2) is 0 Å². The van der Waals surface area contributed by atoms with Crippen molar-refractivity contribution >= 4 is 38.2 Å². The minimum Gasteiger partial charge on any atom is -0.350 e. The van der Waals surface area contributed by atoms with Crippen LogP contribution in [0.2, 0.25) is 0 Å². The lowest BCUT2D eigenvalue weighted by Crippen LogP contribution is -2.23. The van der Waals surface area contributed by atoms with Gasteiger partial charge < -0.3 is 9.47 Å². The van der Waals surface area contributed by atoms with Crippen LogP contribution in [0.25, 0.3) is 21.0 Å². The molecule has 2 aromatic heterocycles. The maximum absolute atomic E-state index is 13.0. The van der Waals surface area contributed by atoms with E-state index in [-0.39, 0.29) is 5.91 Å². The number of benzene rings is 2. The number of fused-ring (bicyclic) bond motifs is 2. The third-order valence-electron chi connectivity index (χ3n) is 6.86. The summed E-state index contributed by atoms with van der Waals surface area (Å²) in [4.78, 5) is 18.2. The number of para-hydroxylation sites is 1. The van der Waals surface area contributed by atoms with Crippen LogP contribution in [0.1, 0.15) is 45.6 Å². The number of nitrogens with zero attached hydrogens (tertiary/aromatic N) is 3. The van der Waals surface area contributed by atoms with Crippen LogP contribution in [-0.4, -0.2) is 47.5 Å². The molecule has 3 heterocycles. The lowest BCUT2D eigenvalue weighted by molar-refractivity contribution is 0.0831. The fourth-order valence-corrected chi connectivity index (χ4v) is 6.64. The van der Waals surface area contributed by atoms with E-state index in [1.165, 1.54) is 37.7 Å². The van der Waals surface area contributed by atoms with Gasteiger partial charge in [-0.1, -0.05) is 43.3 Å². The van der Waals surface area contributed by atoms with E-state index >= 15 is 0 Å². The molecule has 5 rings (SSSR count). The lowest BCUT2D eigenvalue weighted by atomic mass is 9.95. The van der Waals surface area contributed by atoms with Crippen LogP contribution >= 0.6 is 11.3 Å². The van der Waals surface area contributed by atoms with E-state index in [1.807, 2.05) is 14.1 Å². The van der Waals surface area contributed by atoms with E-state index in [1.54, 1.807) is 16.2 Å². The van der Waals surface area contributed by atoms with Crippen molar-refractivity contribution in [3.8, 4) is 0 Å². The zero-order valence-electron chi connectivity index (χ0n) is 19.4. The summed E-state index contributed by atoms with van der Waals surface area (Å²) in [6, 6.07) is 15.2. The average Bonchev–Trinajstić information content (AvgIpc) is 3.49. The predicted molar refractivity (Wildman–Crippen MR) is 135 cm³/mol. The number of amides is 1. The predicted octanol–water partition coefficient (Wildman–Crippen LogP) is 5.65. The van der Waals surface area contributed by atoms with Crippen LogP contribution in [0.15, 0.2) is 48.7 Å². The van der Waals surface area contributed by atoms with Gasteiger partial charge in [-0.15, -0.1) is 11.3 Å². The van der Waals surface area contributed by atoms with E-state index in [2.05, 4.69) is 72.1 Å². The largest absolute Gasteiger partial charge is 0.350 e. The molecule has 0 unspecified atom stereocenters. The SMILES string of the molecule is CCc1cccc2c(CN3CC[C@H](c4c(C(=O)N(C)C)sc5ccccc45)C3)cn(C)c12. The highest BCUT2D eigenvalue weighted by atomic mass is 32.1. The molecule has 1 atom stereocenters. The van der Waals surface area contributed by atoms with Gasteiger partial charge in [0.05, 0.1) is 10.4 Å². The van der Waals surface area contributed by atoms with Crippen LogP contribution in [0, 0.1) is 0 Å². The Morgan fingerprint density at radius 3 is 2.66 bits per heavy atom. The molecular weight excluding hydrogens is 414 g/mol. The fourth-order valence-electron chi connectivity index (χ4n) is 5.33. The molecule has 0 spiro atoms. The molecule has 4 nitrogen and oxygen atoms in total. The Bertz CT molecular complexity index is 1300. The quantitative estimate of drug-likeness (QED) is 0.397. The van der Waals surface area contributed by atoms with Gasteiger partial charge >= 0.3 is 0 Å². The number of thiophene rings is 1. The fraction of sp³-hybridized carbons (Fsp3) is 0.370. The van der Waals surface area contributed by atoms with Crippen molar-refractivity contribution in [3.63, 3.8) is 0 Å². The standard InChI is InChI=1S/C27H31N3OS/c1-5-18-9-8-11-21-20(15-29(4)25(18)21)17-30-14-13-19(16-30)24-22-10-6-7-12-23(22)32-26(24)27(31)28(2)3/h6-12,15,19H,5,13-14,16-17H2,1-4H3/t19-/m0/s1. The molecule has 4 aromatic rings. The summed E-state index contributed by atoms with van der Waals surface area (Å²) in [7, 11) is 5.86. The van der Waals surface area contributed by atoms with Crippen molar-refractivity contribution in [2.24, 2.45) is 7.05 Å². The summed E-state index contributed by atoms with van der Waals surface area (Å²) in [5.74, 6) is 0.520. The van der Waals surface area contributed by atoms with Gasteiger partial charge in [0.25, 0.3) is 5.91 Å². The van der Waals surface area contributed by atoms with Gasteiger partial charge in [-0.05, 0) is 47.5 Å². The number of likely N-dealkylation sites (tertiary alicyclic amines) is 1. The minimum atomic E-state index is 0.126. The highest BCUT2D eigenvalue weighted by Crippen LogP contribution is 2.41. The van der Waals surface area contributed by atoms with E-state index in [4.69, 9.17) is 0 Å². The van der Waals surface area contributed by atoms with Gasteiger partial charge in [-0.2, -0.15) is 0 Å². The molecule has 166 valence electrons. The van der Waals surface area contributed by atoms with Gasteiger partial charge in [0.1, 0.15) is 0 Å². The normalized spacial score (nSPS) is 16.9. The molecule has 5 heteroatoms. The van der Waals surface area contributed by atoms with Crippen molar-refractivity contribution in [3.05, 3.63) is 70.2 Å². The van der Waals surface area contributed by atoms with Gasteiger partial charge in [-0.3, -0.25) is 9.69 Å². The second-order valence-corrected chi connectivity index (χ2v) is 10.2. The molecule has 1 saturated heterocycles. The van der Waals surface area contributed by atoms with E-state index in [9.17, 15) is 4.79 Å². The van der Waals surface area contributed by atoms with E-state index in [0.29, 0.717) is 5.92 Å². The average molecular weight is 446 g/mol. The number of rotatable bonds is 5. The Labute approximate surface area is 194 Å². The third kappa shape index (κ3) is 3.54. The Balaban J connectivity index is 1.45. The van der Waals surface area contributed by atoms with Crippen LogP contribution in [-0.2, 0) is 20.0 Å². The molecule has 0 N–H and O–H groups in total. The smallest absolute Gasteiger partial charge is 0.263 e. The topological polar surface area (TPSA) is 28.5 Å². The molecule has 1 fully saturated rings. The molecule has 0 bridgehead atoms. The molecule has 1 aliphatic rings. The number of aromatic nitrogens is 1. The highest BCUT2D eigenvalue weighted by Gasteiger charge is 2.31. The Hall–Kier alpha value is -2.63. The maximum Gasteiger partial charge on any atom is 0.263 e. The van der Waals surface area contributed by atoms with Crippen molar-refractivity contribution in [1.29, 1.82) is 0 Å². The van der Waals surface area contributed by atoms with E-state index < -0.39 is 0 Å². The number of hydrogen-bond acceptors (Lipinski definition) is 3. The number of aryl methyl sites for hydroxylation is 2. The first kappa shape index (κ1) is 21.2. The summed E-state index contributed by atoms with van der Waals surface area (Å²) >= 11 is 1.65. The lowest BCUT2D eigenvalue weighted by Gasteiger charge is -2.17. The molecule has 32 heavy (non-hydrogen) atoms. The van der Waals surface area contributed by atoms with Crippen LogP contribution in [0.4, 0.5) is 0 Å². The zero-order valence-corrected chi connectivity index (χ0v) is 20.2. The molecule has 0 saturated carbocycles. The van der Waals surface area contributed by atoms with Crippen molar-refractivity contribution in [2.45, 2.75) is 32.2 Å². The number of carbonyl (C=O) groups is 1. The van der Waals surface area contributed by atoms with Gasteiger partial charge in [0, 0.05) is 56.4 Å². The summed E-state index contributed by atoms with van der Waals surface area (Å²) in [6.07, 6.45) is 4.45. The van der Waals surface area contributed by atoms with Gasteiger partial charge in [0.2, 0.25) is 0 Å². The highest BCUT2D eigenvalue weighted by molar-refractivity contribution is 7.21. The summed E-state index contributed by atoms with van der Waals surface area (Å²) in [6.45, 7) is 5.25. The summed E-state index contributed by atoms with van der Waals surface area (Å²) < 4.78 is 3.50. The molecule has 2 aromatic carbocycles. The second kappa shape index (κ2) is 8.38. The van der Waals surface area contributed by atoms with Crippen LogP contribution < -0.4 is 0 Å². The first-order chi connectivity index (χ1) is 15.5. The molecule has 1 aliphatic heterocycles.